The average Bonchev–Trinajstić information content (AvgIpc) is 3.21. The van der Waals surface area contributed by atoms with Gasteiger partial charge in [0.2, 0.25) is 17.9 Å². The molecule has 1 amide bonds. The van der Waals surface area contributed by atoms with E-state index in [4.69, 9.17) is 23.5 Å². The number of nitrogens with one attached hydrogen (secondary N) is 1. The molecule has 1 saturated heterocycles. The number of carbonyl (C=O) groups excluding carboxylic acids is 4. The number of carbonyl (C=O) groups is 4. The first-order chi connectivity index (χ1) is 30.1. The van der Waals surface area contributed by atoms with Crippen LogP contribution in [0.1, 0.15) is 220 Å². The molecule has 6 N–H and O–H groups in total. The molecule has 16 nitrogen and oxygen atoms in total. The molecule has 1 aliphatic heterocycles. The Kier molecular flexibility index (Phi) is 32.8. The van der Waals surface area contributed by atoms with Crippen LogP contribution in [0.5, 0.6) is 0 Å². The van der Waals surface area contributed by atoms with Gasteiger partial charge in [0, 0.05) is 12.8 Å². The van der Waals surface area contributed by atoms with Gasteiger partial charge in [0.25, 0.3) is 0 Å². The van der Waals surface area contributed by atoms with Gasteiger partial charge in [0.15, 0.2) is 6.10 Å². The lowest BCUT2D eigenvalue weighted by Gasteiger charge is -2.48. The molecule has 0 aromatic rings. The highest BCUT2D eigenvalue weighted by atomic mass is 31.2. The van der Waals surface area contributed by atoms with Gasteiger partial charge in [-0.25, -0.2) is 4.57 Å². The molecule has 7 atom stereocenters. The van der Waals surface area contributed by atoms with E-state index in [1.54, 1.807) is 0 Å². The lowest BCUT2D eigenvalue weighted by atomic mass is 9.92. The van der Waals surface area contributed by atoms with E-state index in [1.807, 2.05) is 13.8 Å². The number of rotatable bonds is 39. The fourth-order valence-electron chi connectivity index (χ4n) is 7.81. The van der Waals surface area contributed by atoms with Crippen molar-refractivity contribution >= 4 is 31.6 Å². The van der Waals surface area contributed by atoms with Crippen LogP contribution in [0.4, 0.5) is 0 Å². The van der Waals surface area contributed by atoms with Gasteiger partial charge in [-0.15, -0.1) is 0 Å². The maximum atomic E-state index is 13.7. The molecule has 1 fully saturated rings. The van der Waals surface area contributed by atoms with Crippen LogP contribution >= 0.6 is 7.82 Å². The number of phosphoric ester groups is 1. The van der Waals surface area contributed by atoms with Crippen molar-refractivity contribution in [3.05, 3.63) is 0 Å². The lowest BCUT2D eigenvalue weighted by molar-refractivity contribution is -0.335. The van der Waals surface area contributed by atoms with E-state index in [0.29, 0.717) is 38.5 Å². The molecular weight excluding hydrogens is 837 g/mol. The molecule has 0 saturated carbocycles. The fraction of sp³-hybridized carbons (Fsp3) is 0.913. The molecule has 0 aliphatic carbocycles. The number of aliphatic hydroxyl groups excluding tert-OH is 2. The molecule has 0 bridgehead atoms. The van der Waals surface area contributed by atoms with Crippen molar-refractivity contribution in [2.24, 2.45) is 0 Å². The normalized spacial score (nSPS) is 21.1. The summed E-state index contributed by atoms with van der Waals surface area (Å²) in [4.78, 5) is 72.8. The predicted molar refractivity (Wildman–Crippen MR) is 239 cm³/mol. The van der Waals surface area contributed by atoms with Crippen LogP contribution in [0.2, 0.25) is 0 Å². The largest absolute Gasteiger partial charge is 0.470 e. The summed E-state index contributed by atoms with van der Waals surface area (Å²) in [6, 6.07) is 0. The Morgan fingerprint density at radius 1 is 0.619 bits per heavy atom. The summed E-state index contributed by atoms with van der Waals surface area (Å²) in [7, 11) is -5.46. The number of unbranched alkanes of at least 4 members (excludes halogenated alkanes) is 20. The maximum Gasteiger partial charge on any atom is 0.470 e. The second-order valence-electron chi connectivity index (χ2n) is 17.3. The summed E-state index contributed by atoms with van der Waals surface area (Å²) in [5, 5.41) is 35.4. The summed E-state index contributed by atoms with van der Waals surface area (Å²) in [6.07, 6.45) is 12.8. The van der Waals surface area contributed by atoms with E-state index in [2.05, 4.69) is 19.2 Å². The maximum absolute atomic E-state index is 13.7. The van der Waals surface area contributed by atoms with Crippen molar-refractivity contribution in [1.82, 2.24) is 5.32 Å². The zero-order valence-electron chi connectivity index (χ0n) is 39.2. The quantitative estimate of drug-likeness (QED) is 0.0111. The molecule has 0 aromatic carbocycles. The van der Waals surface area contributed by atoms with Gasteiger partial charge in [-0.1, -0.05) is 156 Å². The Bertz CT molecular complexity index is 1280. The summed E-state index contributed by atoms with van der Waals surface area (Å²) in [5.41, 5.74) is -3.09. The number of phosphoric acid groups is 1. The third-order valence-electron chi connectivity index (χ3n) is 11.4. The summed E-state index contributed by atoms with van der Waals surface area (Å²) in [5.74, 6) is -3.07. The van der Waals surface area contributed by atoms with Crippen LogP contribution in [0, 0.1) is 0 Å². The van der Waals surface area contributed by atoms with E-state index in [0.717, 1.165) is 77.0 Å². The first-order valence-electron chi connectivity index (χ1n) is 24.4. The minimum Gasteiger partial charge on any atom is -0.462 e. The molecule has 1 unspecified atom stereocenters. The van der Waals surface area contributed by atoms with Crippen molar-refractivity contribution in [3.63, 3.8) is 0 Å². The molecular formula is C46H86NO15P. The van der Waals surface area contributed by atoms with Crippen molar-refractivity contribution in [1.29, 1.82) is 0 Å². The van der Waals surface area contributed by atoms with Gasteiger partial charge in [0.1, 0.15) is 24.4 Å². The van der Waals surface area contributed by atoms with Crippen LogP contribution in [-0.2, 0) is 47.2 Å². The Hall–Kier alpha value is -2.17. The SMILES string of the molecule is CCCCCCCCCCC[C@H](CC(=O)N[C@]1(O)C(O)O[C@H](CO)[C@@H](OP(=O)(O)O)[C@@H]1OC(=O)C[C@@H](CCCCCCCCCCC)OC(=O)CCCCC)OC(=O)CCCCC. The van der Waals surface area contributed by atoms with Gasteiger partial charge in [0.05, 0.1) is 19.4 Å². The Morgan fingerprint density at radius 3 is 1.43 bits per heavy atom. The molecule has 1 rings (SSSR count). The highest BCUT2D eigenvalue weighted by Crippen LogP contribution is 2.43. The second kappa shape index (κ2) is 35.1. The van der Waals surface area contributed by atoms with Crippen molar-refractivity contribution in [3.8, 4) is 0 Å². The van der Waals surface area contributed by atoms with Crippen molar-refractivity contribution < 1.29 is 72.3 Å². The first-order valence-corrected chi connectivity index (χ1v) is 26.0. The molecule has 0 radical (unpaired) electrons. The van der Waals surface area contributed by atoms with Crippen LogP contribution in [-0.4, -0.2) is 98.1 Å². The number of hydrogen-bond donors (Lipinski definition) is 6. The molecule has 0 aromatic heterocycles. The minimum atomic E-state index is -5.46. The molecule has 370 valence electrons. The van der Waals surface area contributed by atoms with Gasteiger partial charge >= 0.3 is 25.7 Å². The predicted octanol–water partition coefficient (Wildman–Crippen LogP) is 8.50. The Labute approximate surface area is 377 Å². The number of esters is 3. The van der Waals surface area contributed by atoms with Crippen molar-refractivity contribution in [2.75, 3.05) is 6.61 Å². The lowest BCUT2D eigenvalue weighted by Crippen LogP contribution is -2.74. The van der Waals surface area contributed by atoms with Gasteiger partial charge in [-0.3, -0.25) is 23.7 Å². The van der Waals surface area contributed by atoms with E-state index in [9.17, 15) is 48.8 Å². The zero-order valence-corrected chi connectivity index (χ0v) is 40.0. The number of amides is 1. The fourth-order valence-corrected chi connectivity index (χ4v) is 8.37. The van der Waals surface area contributed by atoms with Crippen LogP contribution in [0.25, 0.3) is 0 Å². The average molecular weight is 924 g/mol. The molecule has 0 spiro atoms. The van der Waals surface area contributed by atoms with E-state index < -0.39 is 93.6 Å². The highest BCUT2D eigenvalue weighted by Gasteiger charge is 2.60. The van der Waals surface area contributed by atoms with E-state index >= 15 is 0 Å². The smallest absolute Gasteiger partial charge is 0.462 e. The topological polar surface area (TPSA) is 245 Å². The highest BCUT2D eigenvalue weighted by molar-refractivity contribution is 7.46. The number of hydrogen-bond acceptors (Lipinski definition) is 13. The number of ether oxygens (including phenoxy) is 4. The van der Waals surface area contributed by atoms with Crippen LogP contribution < -0.4 is 5.32 Å². The summed E-state index contributed by atoms with van der Waals surface area (Å²) in [6.45, 7) is 7.33. The van der Waals surface area contributed by atoms with Crippen molar-refractivity contribution in [2.45, 2.75) is 263 Å². The van der Waals surface area contributed by atoms with E-state index in [-0.39, 0.29) is 12.8 Å². The zero-order chi connectivity index (χ0) is 46.9. The number of aliphatic hydroxyl groups is 3. The summed E-state index contributed by atoms with van der Waals surface area (Å²) >= 11 is 0. The first kappa shape index (κ1) is 58.8. The molecule has 63 heavy (non-hydrogen) atoms. The van der Waals surface area contributed by atoms with E-state index in [1.165, 1.54) is 51.4 Å². The van der Waals surface area contributed by atoms with Gasteiger partial charge in [-0.2, -0.15) is 0 Å². The molecule has 1 heterocycles. The van der Waals surface area contributed by atoms with Crippen LogP contribution in [0.15, 0.2) is 0 Å². The molecule has 1 aliphatic rings. The molecule has 17 heteroatoms. The standard InChI is InChI=1S/C46H86NO15P/c1-5-9-13-15-17-19-21-23-27-29-36(58-40(50)31-25-11-7-3)33-39(49)47-46(54)44(43(62-63(55,56)57)38(35-48)60-45(46)53)61-42(52)34-37(59-41(51)32-26-12-8-4)30-28-24-22-20-18-16-14-10-6-2/h36-38,43-45,48,53-54H,5-35H2,1-4H3,(H,47,49)(H2,55,56,57)/t36-,37-,38-,43-,44+,45?,46-/m1/s1. The van der Waals surface area contributed by atoms with Gasteiger partial charge in [-0.05, 0) is 38.5 Å². The third kappa shape index (κ3) is 27.2. The third-order valence-corrected chi connectivity index (χ3v) is 12.0. The summed E-state index contributed by atoms with van der Waals surface area (Å²) < 4.78 is 39.5. The van der Waals surface area contributed by atoms with Crippen LogP contribution in [0.3, 0.4) is 0 Å². The minimum absolute atomic E-state index is 0.139. The monoisotopic (exact) mass is 924 g/mol. The second-order valence-corrected chi connectivity index (χ2v) is 18.5. The Morgan fingerprint density at radius 2 is 1.02 bits per heavy atom. The Balaban J connectivity index is 3.28. The van der Waals surface area contributed by atoms with Gasteiger partial charge < -0.3 is 49.4 Å².